The normalized spacial score (nSPS) is 14.9. The number of ketones is 2. The first-order valence-corrected chi connectivity index (χ1v) is 7.84. The number of Topliss-reactive ketones (excluding diaryl/α,β-unsaturated/α-hetero) is 2. The van der Waals surface area contributed by atoms with E-state index in [2.05, 4.69) is 0 Å². The highest BCUT2D eigenvalue weighted by molar-refractivity contribution is 7.96. The fourth-order valence-electron chi connectivity index (χ4n) is 2.31. The van der Waals surface area contributed by atoms with E-state index in [0.717, 1.165) is 0 Å². The number of hydrogen-bond donors (Lipinski definition) is 1. The fourth-order valence-corrected chi connectivity index (χ4v) is 3.76. The van der Waals surface area contributed by atoms with E-state index in [0.29, 0.717) is 0 Å². The van der Waals surface area contributed by atoms with Gasteiger partial charge in [-0.3, -0.25) is 9.59 Å². The predicted octanol–water partition coefficient (Wildman–Crippen LogP) is 2.15. The van der Waals surface area contributed by atoms with Crippen molar-refractivity contribution in [2.45, 2.75) is 4.90 Å². The minimum Gasteiger partial charge on any atom is -0.506 e. The summed E-state index contributed by atoms with van der Waals surface area (Å²) in [5.74, 6) is -2.85. The summed E-state index contributed by atoms with van der Waals surface area (Å²) in [5, 5.41) is 10.2. The molecule has 3 rings (SSSR count). The number of aliphatic hydroxyl groups is 1. The van der Waals surface area contributed by atoms with E-state index in [9.17, 15) is 23.1 Å². The lowest BCUT2D eigenvalue weighted by molar-refractivity contribution is -0.111. The van der Waals surface area contributed by atoms with Crippen molar-refractivity contribution in [2.24, 2.45) is 0 Å². The van der Waals surface area contributed by atoms with Gasteiger partial charge < -0.3 is 5.11 Å². The first kappa shape index (κ1) is 14.2. The zero-order chi connectivity index (χ0) is 15.9. The van der Waals surface area contributed by atoms with Gasteiger partial charge in [0.05, 0.1) is 4.90 Å². The van der Waals surface area contributed by atoms with Gasteiger partial charge >= 0.3 is 0 Å². The SMILES string of the molecule is O=C1C(=O)c2ccccc2C(O)=C1S(=O)(=O)c1ccccc1. The van der Waals surface area contributed by atoms with Crippen LogP contribution in [0.2, 0.25) is 0 Å². The van der Waals surface area contributed by atoms with Crippen LogP contribution in [0.4, 0.5) is 0 Å². The van der Waals surface area contributed by atoms with Crippen molar-refractivity contribution < 1.29 is 23.1 Å². The zero-order valence-electron chi connectivity index (χ0n) is 11.2. The van der Waals surface area contributed by atoms with Crippen molar-refractivity contribution in [2.75, 3.05) is 0 Å². The molecule has 0 aliphatic heterocycles. The summed E-state index contributed by atoms with van der Waals surface area (Å²) >= 11 is 0. The lowest BCUT2D eigenvalue weighted by Gasteiger charge is -2.17. The number of sulfone groups is 1. The van der Waals surface area contributed by atoms with E-state index in [1.807, 2.05) is 0 Å². The third-order valence-corrected chi connectivity index (χ3v) is 5.19. The molecule has 0 bridgehead atoms. The molecule has 0 atom stereocenters. The molecular formula is C16H10O5S. The van der Waals surface area contributed by atoms with Gasteiger partial charge in [-0.1, -0.05) is 42.5 Å². The minimum absolute atomic E-state index is 0.00277. The van der Waals surface area contributed by atoms with Crippen LogP contribution in [0.1, 0.15) is 15.9 Å². The molecule has 5 nitrogen and oxygen atoms in total. The fraction of sp³-hybridized carbons (Fsp3) is 0. The largest absolute Gasteiger partial charge is 0.506 e. The Morgan fingerprint density at radius 3 is 1.91 bits per heavy atom. The van der Waals surface area contributed by atoms with Crippen LogP contribution in [0.15, 0.2) is 64.4 Å². The molecule has 0 saturated heterocycles. The van der Waals surface area contributed by atoms with Crippen LogP contribution in [-0.2, 0) is 14.6 Å². The number of benzene rings is 2. The number of fused-ring (bicyclic) bond motifs is 1. The van der Waals surface area contributed by atoms with E-state index in [1.165, 1.54) is 42.5 Å². The highest BCUT2D eigenvalue weighted by atomic mass is 32.2. The maximum Gasteiger partial charge on any atom is 0.249 e. The molecule has 0 amide bonds. The summed E-state index contributed by atoms with van der Waals surface area (Å²) in [6.45, 7) is 0. The summed E-state index contributed by atoms with van der Waals surface area (Å²) in [7, 11) is -4.28. The van der Waals surface area contributed by atoms with Crippen LogP contribution < -0.4 is 0 Å². The van der Waals surface area contributed by atoms with Crippen molar-refractivity contribution in [1.82, 2.24) is 0 Å². The highest BCUT2D eigenvalue weighted by Crippen LogP contribution is 2.33. The second kappa shape index (κ2) is 4.92. The molecule has 6 heteroatoms. The van der Waals surface area contributed by atoms with Gasteiger partial charge in [-0.2, -0.15) is 0 Å². The van der Waals surface area contributed by atoms with Crippen LogP contribution >= 0.6 is 0 Å². The van der Waals surface area contributed by atoms with E-state index < -0.39 is 32.1 Å². The number of rotatable bonds is 2. The summed E-state index contributed by atoms with van der Waals surface area (Å²) in [6.07, 6.45) is 0. The third-order valence-electron chi connectivity index (χ3n) is 3.38. The second-order valence-electron chi connectivity index (χ2n) is 4.70. The lowest BCUT2D eigenvalue weighted by atomic mass is 9.94. The molecule has 0 heterocycles. The molecule has 0 fully saturated rings. The summed E-state index contributed by atoms with van der Waals surface area (Å²) in [4.78, 5) is 23.2. The standard InChI is InChI=1S/C16H10O5S/c17-13-11-8-4-5-9-12(11)14(18)16(15(13)19)22(20,21)10-6-2-1-3-7-10/h1-9,18H. The summed E-state index contributed by atoms with van der Waals surface area (Å²) in [5.41, 5.74) is 0.0404. The third kappa shape index (κ3) is 1.96. The average Bonchev–Trinajstić information content (AvgIpc) is 2.53. The lowest BCUT2D eigenvalue weighted by Crippen LogP contribution is -2.28. The van der Waals surface area contributed by atoms with Gasteiger partial charge in [0.2, 0.25) is 21.4 Å². The van der Waals surface area contributed by atoms with E-state index in [4.69, 9.17) is 0 Å². The maximum atomic E-state index is 12.6. The summed E-state index contributed by atoms with van der Waals surface area (Å²) in [6, 6.07) is 13.1. The van der Waals surface area contributed by atoms with Gasteiger partial charge in [0.25, 0.3) is 0 Å². The van der Waals surface area contributed by atoms with Crippen molar-refractivity contribution >= 4 is 27.2 Å². The number of carbonyl (C=O) groups is 2. The second-order valence-corrected chi connectivity index (χ2v) is 6.58. The van der Waals surface area contributed by atoms with Crippen LogP contribution in [0.3, 0.4) is 0 Å². The first-order chi connectivity index (χ1) is 10.4. The molecule has 0 spiro atoms. The van der Waals surface area contributed by atoms with Gasteiger partial charge in [-0.05, 0) is 12.1 Å². The van der Waals surface area contributed by atoms with Crippen molar-refractivity contribution in [3.05, 3.63) is 70.6 Å². The van der Waals surface area contributed by atoms with Crippen molar-refractivity contribution in [3.8, 4) is 0 Å². The van der Waals surface area contributed by atoms with Gasteiger partial charge in [-0.25, -0.2) is 8.42 Å². The Morgan fingerprint density at radius 2 is 1.27 bits per heavy atom. The molecular weight excluding hydrogens is 304 g/mol. The topological polar surface area (TPSA) is 88.5 Å². The molecule has 0 radical (unpaired) electrons. The minimum atomic E-state index is -4.28. The Morgan fingerprint density at radius 1 is 0.727 bits per heavy atom. The van der Waals surface area contributed by atoms with Gasteiger partial charge in [0.1, 0.15) is 5.76 Å². The van der Waals surface area contributed by atoms with Crippen LogP contribution in [-0.4, -0.2) is 25.1 Å². The van der Waals surface area contributed by atoms with Crippen LogP contribution in [0.5, 0.6) is 0 Å². The molecule has 0 aromatic heterocycles. The first-order valence-electron chi connectivity index (χ1n) is 6.36. The smallest absolute Gasteiger partial charge is 0.249 e. The Kier molecular flexibility index (Phi) is 3.18. The Balaban J connectivity index is 2.31. The molecule has 0 saturated carbocycles. The molecule has 0 unspecified atom stereocenters. The van der Waals surface area contributed by atoms with Crippen molar-refractivity contribution in [3.63, 3.8) is 0 Å². The molecule has 1 aliphatic rings. The monoisotopic (exact) mass is 314 g/mol. The van der Waals surface area contributed by atoms with E-state index >= 15 is 0 Å². The highest BCUT2D eigenvalue weighted by Gasteiger charge is 2.40. The quantitative estimate of drug-likeness (QED) is 0.858. The Hall–Kier alpha value is -2.73. The average molecular weight is 314 g/mol. The van der Waals surface area contributed by atoms with Crippen LogP contribution in [0, 0.1) is 0 Å². The number of allylic oxidation sites excluding steroid dienone is 1. The molecule has 22 heavy (non-hydrogen) atoms. The number of carbonyl (C=O) groups excluding carboxylic acids is 2. The number of hydrogen-bond acceptors (Lipinski definition) is 5. The van der Waals surface area contributed by atoms with E-state index in [-0.39, 0.29) is 16.0 Å². The maximum absolute atomic E-state index is 12.6. The van der Waals surface area contributed by atoms with Crippen molar-refractivity contribution in [1.29, 1.82) is 0 Å². The molecule has 2 aromatic rings. The molecule has 1 aliphatic carbocycles. The van der Waals surface area contributed by atoms with Gasteiger partial charge in [-0.15, -0.1) is 0 Å². The molecule has 110 valence electrons. The molecule has 1 N–H and O–H groups in total. The van der Waals surface area contributed by atoms with Gasteiger partial charge in [0.15, 0.2) is 4.91 Å². The summed E-state index contributed by atoms with van der Waals surface area (Å²) < 4.78 is 25.1. The number of aliphatic hydroxyl groups excluding tert-OH is 1. The Labute approximate surface area is 126 Å². The predicted molar refractivity (Wildman–Crippen MR) is 79.0 cm³/mol. The molecule has 2 aromatic carbocycles. The van der Waals surface area contributed by atoms with Gasteiger partial charge in [0, 0.05) is 11.1 Å². The zero-order valence-corrected chi connectivity index (χ0v) is 12.0. The van der Waals surface area contributed by atoms with E-state index in [1.54, 1.807) is 12.1 Å². The van der Waals surface area contributed by atoms with Crippen LogP contribution in [0.25, 0.3) is 5.76 Å². The Bertz CT molecular complexity index is 924.